The molecule has 0 amide bonds. The minimum atomic E-state index is -0.00989. The maximum atomic E-state index is 7.41. The molecule has 0 atom stereocenters. The zero-order chi connectivity index (χ0) is 13.1. The molecule has 0 bridgehead atoms. The zero-order valence-electron chi connectivity index (χ0n) is 11.1. The highest BCUT2D eigenvalue weighted by Gasteiger charge is 2.23. The van der Waals surface area contributed by atoms with E-state index in [1.807, 2.05) is 7.05 Å². The smallest absolute Gasteiger partial charge is 0.225 e. The van der Waals surface area contributed by atoms with E-state index in [4.69, 9.17) is 11.1 Å². The molecule has 1 aliphatic carbocycles. The summed E-state index contributed by atoms with van der Waals surface area (Å²) in [6.07, 6.45) is 6.57. The molecule has 0 aliphatic heterocycles. The van der Waals surface area contributed by atoms with Gasteiger partial charge in [-0.3, -0.25) is 5.41 Å². The van der Waals surface area contributed by atoms with E-state index in [0.717, 1.165) is 5.92 Å². The van der Waals surface area contributed by atoms with Crippen LogP contribution in [0.4, 0.5) is 5.95 Å². The molecular weight excluding hydrogens is 226 g/mol. The molecule has 0 saturated heterocycles. The van der Waals surface area contributed by atoms with Crippen molar-refractivity contribution in [3.05, 3.63) is 18.0 Å². The van der Waals surface area contributed by atoms with Gasteiger partial charge in [-0.15, -0.1) is 0 Å². The number of nitrogens with zero attached hydrogens (tertiary/aromatic N) is 3. The highest BCUT2D eigenvalue weighted by atomic mass is 15.3. The van der Waals surface area contributed by atoms with Crippen LogP contribution in [0.3, 0.4) is 0 Å². The second kappa shape index (κ2) is 5.33. The van der Waals surface area contributed by atoms with Crippen LogP contribution in [-0.2, 0) is 0 Å². The molecule has 0 aromatic carbocycles. The molecule has 1 fully saturated rings. The highest BCUT2D eigenvalue weighted by Crippen LogP contribution is 2.27. The Kier molecular flexibility index (Phi) is 3.79. The molecule has 3 N–H and O–H groups in total. The first-order valence-corrected chi connectivity index (χ1v) is 6.48. The SMILES string of the molecule is CC1CCC(N(C)c2nccc(C(=N)N)n2)CC1. The molecule has 0 radical (unpaired) electrons. The average molecular weight is 247 g/mol. The van der Waals surface area contributed by atoms with Crippen LogP contribution in [0.2, 0.25) is 0 Å². The second-order valence-corrected chi connectivity index (χ2v) is 5.18. The van der Waals surface area contributed by atoms with Gasteiger partial charge in [-0.05, 0) is 37.7 Å². The van der Waals surface area contributed by atoms with Crippen molar-refractivity contribution in [1.82, 2.24) is 9.97 Å². The average Bonchev–Trinajstić information content (AvgIpc) is 2.39. The molecule has 18 heavy (non-hydrogen) atoms. The summed E-state index contributed by atoms with van der Waals surface area (Å²) in [6.45, 7) is 2.31. The van der Waals surface area contributed by atoms with Crippen molar-refractivity contribution in [2.45, 2.75) is 38.6 Å². The zero-order valence-corrected chi connectivity index (χ0v) is 11.1. The van der Waals surface area contributed by atoms with Crippen LogP contribution in [-0.4, -0.2) is 28.9 Å². The molecule has 5 nitrogen and oxygen atoms in total. The van der Waals surface area contributed by atoms with Gasteiger partial charge in [-0.25, -0.2) is 9.97 Å². The van der Waals surface area contributed by atoms with Crippen molar-refractivity contribution in [3.8, 4) is 0 Å². The molecule has 1 aliphatic rings. The molecule has 1 saturated carbocycles. The van der Waals surface area contributed by atoms with E-state index in [1.54, 1.807) is 12.3 Å². The normalized spacial score (nSPS) is 23.7. The van der Waals surface area contributed by atoms with Gasteiger partial charge in [0.2, 0.25) is 5.95 Å². The summed E-state index contributed by atoms with van der Waals surface area (Å²) in [7, 11) is 2.03. The van der Waals surface area contributed by atoms with Crippen LogP contribution < -0.4 is 10.6 Å². The first kappa shape index (κ1) is 12.8. The van der Waals surface area contributed by atoms with Crippen molar-refractivity contribution >= 4 is 11.8 Å². The Labute approximate surface area is 108 Å². The van der Waals surface area contributed by atoms with Crippen LogP contribution >= 0.6 is 0 Å². The Morgan fingerprint density at radius 2 is 2.06 bits per heavy atom. The van der Waals surface area contributed by atoms with E-state index in [1.165, 1.54) is 25.7 Å². The molecule has 5 heteroatoms. The van der Waals surface area contributed by atoms with Crippen molar-refractivity contribution in [1.29, 1.82) is 5.41 Å². The number of nitrogen functional groups attached to an aromatic ring is 1. The number of anilines is 1. The standard InChI is InChI=1S/C13H21N5/c1-9-3-5-10(6-4-9)18(2)13-16-8-7-11(17-13)12(14)15/h7-10H,3-6H2,1-2H3,(H3,14,15). The molecule has 1 aromatic rings. The fraction of sp³-hybridized carbons (Fsp3) is 0.615. The van der Waals surface area contributed by atoms with Gasteiger partial charge in [0.25, 0.3) is 0 Å². The number of nitrogens with two attached hydrogens (primary N) is 1. The third kappa shape index (κ3) is 2.78. The van der Waals surface area contributed by atoms with Crippen LogP contribution in [0, 0.1) is 11.3 Å². The maximum Gasteiger partial charge on any atom is 0.225 e. The van der Waals surface area contributed by atoms with Gasteiger partial charge in [-0.2, -0.15) is 0 Å². The van der Waals surface area contributed by atoms with Crippen LogP contribution in [0.1, 0.15) is 38.3 Å². The van der Waals surface area contributed by atoms with Crippen molar-refractivity contribution in [2.75, 3.05) is 11.9 Å². The molecule has 0 unspecified atom stereocenters. The Balaban J connectivity index is 2.10. The third-order valence-corrected chi connectivity index (χ3v) is 3.77. The predicted molar refractivity (Wildman–Crippen MR) is 72.9 cm³/mol. The fourth-order valence-electron chi connectivity index (χ4n) is 2.46. The molecule has 98 valence electrons. The van der Waals surface area contributed by atoms with E-state index >= 15 is 0 Å². The quantitative estimate of drug-likeness (QED) is 0.630. The molecule has 2 rings (SSSR count). The van der Waals surface area contributed by atoms with Gasteiger partial charge in [0.15, 0.2) is 0 Å². The van der Waals surface area contributed by atoms with Crippen molar-refractivity contribution < 1.29 is 0 Å². The van der Waals surface area contributed by atoms with E-state index in [9.17, 15) is 0 Å². The monoisotopic (exact) mass is 247 g/mol. The van der Waals surface area contributed by atoms with Crippen LogP contribution in [0.5, 0.6) is 0 Å². The Bertz CT molecular complexity index is 423. The first-order valence-electron chi connectivity index (χ1n) is 6.48. The number of hydrogen-bond donors (Lipinski definition) is 2. The minimum absolute atomic E-state index is 0.00989. The summed E-state index contributed by atoms with van der Waals surface area (Å²) in [5.74, 6) is 1.49. The van der Waals surface area contributed by atoms with Gasteiger partial charge in [0, 0.05) is 19.3 Å². The minimum Gasteiger partial charge on any atom is -0.382 e. The predicted octanol–water partition coefficient (Wildman–Crippen LogP) is 1.78. The van der Waals surface area contributed by atoms with Crippen LogP contribution in [0.25, 0.3) is 0 Å². The lowest BCUT2D eigenvalue weighted by molar-refractivity contribution is 0.339. The molecular formula is C13H21N5. The Hall–Kier alpha value is -1.65. The van der Waals surface area contributed by atoms with Crippen molar-refractivity contribution in [2.24, 2.45) is 11.7 Å². The molecule has 1 heterocycles. The van der Waals surface area contributed by atoms with Crippen molar-refractivity contribution in [3.63, 3.8) is 0 Å². The summed E-state index contributed by atoms with van der Waals surface area (Å²) in [6, 6.07) is 2.17. The van der Waals surface area contributed by atoms with E-state index in [0.29, 0.717) is 17.7 Å². The van der Waals surface area contributed by atoms with Gasteiger partial charge < -0.3 is 10.6 Å². The number of hydrogen-bond acceptors (Lipinski definition) is 4. The van der Waals surface area contributed by atoms with Gasteiger partial charge in [0.1, 0.15) is 11.5 Å². The summed E-state index contributed by atoms with van der Waals surface area (Å²) < 4.78 is 0. The van der Waals surface area contributed by atoms with Crippen LogP contribution in [0.15, 0.2) is 12.3 Å². The number of nitrogens with one attached hydrogen (secondary N) is 1. The summed E-state index contributed by atoms with van der Waals surface area (Å²) in [4.78, 5) is 10.7. The van der Waals surface area contributed by atoms with Gasteiger partial charge >= 0.3 is 0 Å². The number of rotatable bonds is 3. The number of amidine groups is 1. The van der Waals surface area contributed by atoms with E-state index in [2.05, 4.69) is 21.8 Å². The second-order valence-electron chi connectivity index (χ2n) is 5.18. The molecule has 0 spiro atoms. The summed E-state index contributed by atoms with van der Waals surface area (Å²) >= 11 is 0. The lowest BCUT2D eigenvalue weighted by Crippen LogP contribution is -2.36. The summed E-state index contributed by atoms with van der Waals surface area (Å²) in [5.41, 5.74) is 5.95. The third-order valence-electron chi connectivity index (χ3n) is 3.77. The van der Waals surface area contributed by atoms with E-state index < -0.39 is 0 Å². The lowest BCUT2D eigenvalue weighted by atomic mass is 9.87. The van der Waals surface area contributed by atoms with Gasteiger partial charge in [0.05, 0.1) is 0 Å². The summed E-state index contributed by atoms with van der Waals surface area (Å²) in [5, 5.41) is 7.41. The first-order chi connectivity index (χ1) is 8.58. The topological polar surface area (TPSA) is 78.9 Å². The number of aromatic nitrogens is 2. The highest BCUT2D eigenvalue weighted by molar-refractivity contribution is 5.93. The Morgan fingerprint density at radius 1 is 1.39 bits per heavy atom. The van der Waals surface area contributed by atoms with E-state index in [-0.39, 0.29) is 5.84 Å². The lowest BCUT2D eigenvalue weighted by Gasteiger charge is -2.33. The molecule has 1 aromatic heterocycles. The fourth-order valence-corrected chi connectivity index (χ4v) is 2.46. The Morgan fingerprint density at radius 3 is 2.67 bits per heavy atom. The van der Waals surface area contributed by atoms with Gasteiger partial charge in [-0.1, -0.05) is 6.92 Å². The maximum absolute atomic E-state index is 7.41. The largest absolute Gasteiger partial charge is 0.382 e.